The monoisotopic (exact) mass is 279 g/mol. The molecule has 0 spiro atoms. The van der Waals surface area contributed by atoms with Crippen LogP contribution in [0.3, 0.4) is 0 Å². The van der Waals surface area contributed by atoms with Crippen LogP contribution in [-0.4, -0.2) is 19.1 Å². The number of carbonyl (C=O) groups excluding carboxylic acids is 1. The van der Waals surface area contributed by atoms with Gasteiger partial charge in [-0.1, -0.05) is 26.7 Å². The van der Waals surface area contributed by atoms with E-state index in [-0.39, 0.29) is 5.56 Å². The number of hydrogen-bond donors (Lipinski definition) is 1. The fourth-order valence-corrected chi connectivity index (χ4v) is 2.91. The molecule has 1 aromatic carbocycles. The third-order valence-corrected chi connectivity index (χ3v) is 4.43. The Hall–Kier alpha value is -1.58. The number of carbonyl (C=O) groups is 1. The number of anilines is 1. The molecule has 0 aliphatic heterocycles. The molecule has 2 rings (SSSR count). The molecule has 1 fully saturated rings. The van der Waals surface area contributed by atoms with Crippen LogP contribution < -0.4 is 5.32 Å². The summed E-state index contributed by atoms with van der Waals surface area (Å²) in [6, 6.07) is 4.53. The van der Waals surface area contributed by atoms with E-state index in [1.54, 1.807) is 6.07 Å². The van der Waals surface area contributed by atoms with E-state index in [1.807, 2.05) is 0 Å². The van der Waals surface area contributed by atoms with Gasteiger partial charge in [0.05, 0.1) is 12.7 Å². The van der Waals surface area contributed by atoms with Crippen LogP contribution in [-0.2, 0) is 4.74 Å². The second-order valence-corrected chi connectivity index (χ2v) is 5.70. The average Bonchev–Trinajstić information content (AvgIpc) is 2.44. The van der Waals surface area contributed by atoms with Crippen molar-refractivity contribution in [1.82, 2.24) is 0 Å². The van der Waals surface area contributed by atoms with Crippen LogP contribution in [0.1, 0.15) is 43.5 Å². The number of rotatable bonds is 3. The van der Waals surface area contributed by atoms with Gasteiger partial charge in [-0.15, -0.1) is 0 Å². The zero-order valence-electron chi connectivity index (χ0n) is 12.3. The Kier molecular flexibility index (Phi) is 4.63. The van der Waals surface area contributed by atoms with Crippen molar-refractivity contribution >= 4 is 11.7 Å². The standard InChI is InChI=1S/C16H22FNO2/c1-10-5-4-6-14(11(10)2)18-15-8-7-12(17)9-13(15)16(19)20-3/h7-11,14,18H,4-6H2,1-3H3. The van der Waals surface area contributed by atoms with Crippen molar-refractivity contribution in [2.75, 3.05) is 12.4 Å². The number of methoxy groups -OCH3 is 1. The van der Waals surface area contributed by atoms with E-state index in [2.05, 4.69) is 19.2 Å². The molecule has 0 bridgehead atoms. The van der Waals surface area contributed by atoms with Gasteiger partial charge in [-0.05, 0) is 36.5 Å². The summed E-state index contributed by atoms with van der Waals surface area (Å²) in [4.78, 5) is 11.7. The highest BCUT2D eigenvalue weighted by Gasteiger charge is 2.28. The summed E-state index contributed by atoms with van der Waals surface area (Å²) in [6.45, 7) is 4.48. The van der Waals surface area contributed by atoms with E-state index < -0.39 is 11.8 Å². The van der Waals surface area contributed by atoms with E-state index in [0.717, 1.165) is 6.42 Å². The predicted octanol–water partition coefficient (Wildman–Crippen LogP) is 3.85. The number of esters is 1. The molecule has 3 nitrogen and oxygen atoms in total. The Morgan fingerprint density at radius 1 is 1.35 bits per heavy atom. The van der Waals surface area contributed by atoms with Crippen LogP contribution in [0.25, 0.3) is 0 Å². The van der Waals surface area contributed by atoms with Gasteiger partial charge in [0.15, 0.2) is 0 Å². The Morgan fingerprint density at radius 2 is 2.10 bits per heavy atom. The summed E-state index contributed by atoms with van der Waals surface area (Å²) in [5.41, 5.74) is 0.919. The van der Waals surface area contributed by atoms with Gasteiger partial charge in [0.25, 0.3) is 0 Å². The smallest absolute Gasteiger partial charge is 0.340 e. The van der Waals surface area contributed by atoms with Crippen molar-refractivity contribution in [2.45, 2.75) is 39.2 Å². The van der Waals surface area contributed by atoms with Crippen molar-refractivity contribution in [1.29, 1.82) is 0 Å². The lowest BCUT2D eigenvalue weighted by atomic mass is 9.78. The minimum atomic E-state index is -0.511. The van der Waals surface area contributed by atoms with Crippen molar-refractivity contribution < 1.29 is 13.9 Å². The number of nitrogens with one attached hydrogen (secondary N) is 1. The van der Waals surface area contributed by atoms with Gasteiger partial charge in [-0.2, -0.15) is 0 Å². The Bertz CT molecular complexity index is 489. The zero-order valence-corrected chi connectivity index (χ0v) is 12.3. The first-order valence-electron chi connectivity index (χ1n) is 7.17. The second kappa shape index (κ2) is 6.25. The van der Waals surface area contributed by atoms with Gasteiger partial charge >= 0.3 is 5.97 Å². The fraction of sp³-hybridized carbons (Fsp3) is 0.562. The maximum atomic E-state index is 13.3. The van der Waals surface area contributed by atoms with Crippen molar-refractivity contribution in [2.24, 2.45) is 11.8 Å². The molecular weight excluding hydrogens is 257 g/mol. The van der Waals surface area contributed by atoms with Crippen LogP contribution in [0.5, 0.6) is 0 Å². The van der Waals surface area contributed by atoms with Crippen LogP contribution in [0.4, 0.5) is 10.1 Å². The first-order chi connectivity index (χ1) is 9.52. The summed E-state index contributed by atoms with van der Waals surface area (Å²) < 4.78 is 18.0. The van der Waals surface area contributed by atoms with E-state index in [1.165, 1.54) is 32.1 Å². The molecule has 1 N–H and O–H groups in total. The van der Waals surface area contributed by atoms with Gasteiger partial charge in [0.2, 0.25) is 0 Å². The largest absolute Gasteiger partial charge is 0.465 e. The second-order valence-electron chi connectivity index (χ2n) is 5.70. The molecular formula is C16H22FNO2. The zero-order chi connectivity index (χ0) is 14.7. The molecule has 1 aliphatic carbocycles. The Morgan fingerprint density at radius 3 is 2.80 bits per heavy atom. The maximum absolute atomic E-state index is 13.3. The van der Waals surface area contributed by atoms with E-state index in [4.69, 9.17) is 4.74 Å². The Balaban J connectivity index is 2.22. The van der Waals surface area contributed by atoms with E-state index in [0.29, 0.717) is 23.6 Å². The van der Waals surface area contributed by atoms with Gasteiger partial charge < -0.3 is 10.1 Å². The molecule has 0 aromatic heterocycles. The molecule has 0 amide bonds. The molecule has 1 aromatic rings. The molecule has 20 heavy (non-hydrogen) atoms. The normalized spacial score (nSPS) is 26.1. The highest BCUT2D eigenvalue weighted by Crippen LogP contribution is 2.32. The van der Waals surface area contributed by atoms with Gasteiger partial charge in [-0.3, -0.25) is 0 Å². The van der Waals surface area contributed by atoms with Crippen LogP contribution >= 0.6 is 0 Å². The summed E-state index contributed by atoms with van der Waals surface area (Å²) >= 11 is 0. The van der Waals surface area contributed by atoms with Gasteiger partial charge in [0, 0.05) is 11.7 Å². The van der Waals surface area contributed by atoms with E-state index >= 15 is 0 Å². The summed E-state index contributed by atoms with van der Waals surface area (Å²) in [5.74, 6) is 0.243. The van der Waals surface area contributed by atoms with Crippen molar-refractivity contribution in [3.05, 3.63) is 29.6 Å². The lowest BCUT2D eigenvalue weighted by Gasteiger charge is -2.35. The molecule has 0 radical (unpaired) electrons. The lowest BCUT2D eigenvalue weighted by molar-refractivity contribution is 0.0601. The topological polar surface area (TPSA) is 38.3 Å². The molecule has 1 aliphatic rings. The summed E-state index contributed by atoms with van der Waals surface area (Å²) in [5, 5.41) is 3.40. The highest BCUT2D eigenvalue weighted by molar-refractivity contribution is 5.95. The van der Waals surface area contributed by atoms with E-state index in [9.17, 15) is 9.18 Å². The van der Waals surface area contributed by atoms with Crippen LogP contribution in [0, 0.1) is 17.7 Å². The minimum absolute atomic E-state index is 0.262. The summed E-state index contributed by atoms with van der Waals surface area (Å²) in [7, 11) is 1.31. The van der Waals surface area contributed by atoms with Crippen LogP contribution in [0.15, 0.2) is 18.2 Å². The SMILES string of the molecule is COC(=O)c1cc(F)ccc1NC1CCCC(C)C1C. The van der Waals surface area contributed by atoms with Crippen LogP contribution in [0.2, 0.25) is 0 Å². The highest BCUT2D eigenvalue weighted by atomic mass is 19.1. The third-order valence-electron chi connectivity index (χ3n) is 4.43. The maximum Gasteiger partial charge on any atom is 0.340 e. The van der Waals surface area contributed by atoms with Gasteiger partial charge in [-0.25, -0.2) is 9.18 Å². The quantitative estimate of drug-likeness (QED) is 0.854. The van der Waals surface area contributed by atoms with Crippen molar-refractivity contribution in [3.8, 4) is 0 Å². The number of halogens is 1. The number of ether oxygens (including phenoxy) is 1. The third kappa shape index (κ3) is 3.11. The fourth-order valence-electron chi connectivity index (χ4n) is 2.91. The van der Waals surface area contributed by atoms with Gasteiger partial charge in [0.1, 0.15) is 5.82 Å². The van der Waals surface area contributed by atoms with Crippen molar-refractivity contribution in [3.63, 3.8) is 0 Å². The average molecular weight is 279 g/mol. The predicted molar refractivity (Wildman–Crippen MR) is 77.3 cm³/mol. The molecule has 1 saturated carbocycles. The molecule has 3 unspecified atom stereocenters. The number of benzene rings is 1. The molecule has 110 valence electrons. The first kappa shape index (κ1) is 14.8. The molecule has 4 heteroatoms. The first-order valence-corrected chi connectivity index (χ1v) is 7.17. The number of hydrogen-bond acceptors (Lipinski definition) is 3. The lowest BCUT2D eigenvalue weighted by Crippen LogP contribution is -2.35. The molecule has 0 heterocycles. The molecule has 0 saturated heterocycles. The minimum Gasteiger partial charge on any atom is -0.465 e. The Labute approximate surface area is 119 Å². The summed E-state index contributed by atoms with van der Waals surface area (Å²) in [6.07, 6.45) is 3.49. The molecule has 3 atom stereocenters.